The number of nitrogens with zero attached hydrogens (tertiary/aromatic N) is 1. The summed E-state index contributed by atoms with van der Waals surface area (Å²) in [7, 11) is 1.68. The van der Waals surface area contributed by atoms with Crippen LogP contribution in [-0.4, -0.2) is 28.9 Å². The third-order valence-electron chi connectivity index (χ3n) is 4.02. The van der Waals surface area contributed by atoms with E-state index in [-0.39, 0.29) is 18.0 Å². The van der Waals surface area contributed by atoms with Gasteiger partial charge in [-0.2, -0.15) is 0 Å². The number of halogens is 1. The number of carbonyl (C=O) groups is 2. The summed E-state index contributed by atoms with van der Waals surface area (Å²) < 4.78 is 6.37. The Morgan fingerprint density at radius 3 is 2.50 bits per heavy atom. The van der Waals surface area contributed by atoms with Crippen molar-refractivity contribution in [2.45, 2.75) is 32.7 Å². The molecule has 1 aromatic heterocycles. The lowest BCUT2D eigenvalue weighted by Crippen LogP contribution is -2.40. The van der Waals surface area contributed by atoms with Gasteiger partial charge in [0.25, 0.3) is 0 Å². The molecule has 5 nitrogen and oxygen atoms in total. The summed E-state index contributed by atoms with van der Waals surface area (Å²) >= 11 is 3.42. The Balaban J connectivity index is 2.19. The number of carboxylic acids is 1. The van der Waals surface area contributed by atoms with Gasteiger partial charge in [0.1, 0.15) is 17.1 Å². The van der Waals surface area contributed by atoms with Crippen molar-refractivity contribution < 1.29 is 19.1 Å². The highest BCUT2D eigenvalue weighted by molar-refractivity contribution is 9.10. The molecular formula is C18H20BrNO4. The molecule has 1 N–H and O–H groups in total. The fourth-order valence-electron chi connectivity index (χ4n) is 2.62. The number of furan rings is 1. The molecule has 1 heterocycles. The van der Waals surface area contributed by atoms with Gasteiger partial charge < -0.3 is 14.4 Å². The molecule has 0 saturated carbocycles. The first-order valence-corrected chi connectivity index (χ1v) is 8.26. The van der Waals surface area contributed by atoms with E-state index in [2.05, 4.69) is 15.9 Å². The Kier molecular flexibility index (Phi) is 5.18. The lowest BCUT2D eigenvalue weighted by Gasteiger charge is -2.29. The number of carboxylic acid groups (broad SMARTS) is 1. The number of aromatic carboxylic acids is 1. The molecule has 24 heavy (non-hydrogen) atoms. The van der Waals surface area contributed by atoms with Crippen molar-refractivity contribution >= 4 is 27.8 Å². The van der Waals surface area contributed by atoms with Gasteiger partial charge in [0.15, 0.2) is 0 Å². The Bertz CT molecular complexity index is 779. The molecule has 1 aromatic carbocycles. The van der Waals surface area contributed by atoms with E-state index in [9.17, 15) is 9.59 Å². The number of hydrogen-bond donors (Lipinski definition) is 1. The summed E-state index contributed by atoms with van der Waals surface area (Å²) in [6.45, 7) is 5.54. The van der Waals surface area contributed by atoms with Crippen molar-refractivity contribution in [1.29, 1.82) is 0 Å². The van der Waals surface area contributed by atoms with Crippen LogP contribution in [0.15, 0.2) is 39.2 Å². The van der Waals surface area contributed by atoms with Gasteiger partial charge in [0, 0.05) is 11.5 Å². The zero-order chi connectivity index (χ0) is 18.1. The molecular weight excluding hydrogens is 374 g/mol. The molecule has 0 unspecified atom stereocenters. The molecule has 0 saturated heterocycles. The molecule has 0 aliphatic heterocycles. The van der Waals surface area contributed by atoms with Crippen molar-refractivity contribution in [3.05, 3.63) is 57.5 Å². The second-order valence-corrected chi connectivity index (χ2v) is 7.20. The van der Waals surface area contributed by atoms with E-state index in [0.717, 1.165) is 10.0 Å². The molecule has 0 atom stereocenters. The van der Waals surface area contributed by atoms with E-state index >= 15 is 0 Å². The Morgan fingerprint density at radius 1 is 1.29 bits per heavy atom. The highest BCUT2D eigenvalue weighted by atomic mass is 79.9. The van der Waals surface area contributed by atoms with Crippen LogP contribution in [0.5, 0.6) is 0 Å². The standard InChI is InChI=1S/C18H20BrNO4/c1-11-15(16(21)22)9-14(24-11)10-20(4)17(23)18(2,3)12-6-5-7-13(19)8-12/h5-9H,10H2,1-4H3,(H,21,22). The van der Waals surface area contributed by atoms with Crippen LogP contribution < -0.4 is 0 Å². The first-order valence-electron chi connectivity index (χ1n) is 7.47. The number of benzene rings is 1. The van der Waals surface area contributed by atoms with Gasteiger partial charge in [0.2, 0.25) is 5.91 Å². The Morgan fingerprint density at radius 2 is 1.96 bits per heavy atom. The maximum atomic E-state index is 12.9. The smallest absolute Gasteiger partial charge is 0.339 e. The molecule has 0 spiro atoms. The van der Waals surface area contributed by atoms with Crippen LogP contribution in [-0.2, 0) is 16.8 Å². The number of likely N-dealkylation sites (N-methyl/N-ethyl adjacent to an activating group) is 1. The van der Waals surface area contributed by atoms with Gasteiger partial charge in [0.05, 0.1) is 12.0 Å². The van der Waals surface area contributed by atoms with Gasteiger partial charge in [-0.1, -0.05) is 28.1 Å². The SMILES string of the molecule is Cc1oc(CN(C)C(=O)C(C)(C)c2cccc(Br)c2)cc1C(=O)O. The van der Waals surface area contributed by atoms with Crippen LogP contribution in [0.3, 0.4) is 0 Å². The summed E-state index contributed by atoms with van der Waals surface area (Å²) in [5, 5.41) is 9.08. The predicted molar refractivity (Wildman–Crippen MR) is 94.0 cm³/mol. The van der Waals surface area contributed by atoms with Crippen molar-refractivity contribution in [3.63, 3.8) is 0 Å². The zero-order valence-electron chi connectivity index (χ0n) is 14.1. The maximum Gasteiger partial charge on any atom is 0.339 e. The van der Waals surface area contributed by atoms with E-state index < -0.39 is 11.4 Å². The normalized spacial score (nSPS) is 11.4. The summed E-state index contributed by atoms with van der Waals surface area (Å²) in [6.07, 6.45) is 0. The fraction of sp³-hybridized carbons (Fsp3) is 0.333. The zero-order valence-corrected chi connectivity index (χ0v) is 15.7. The number of carbonyl (C=O) groups excluding carboxylic acids is 1. The highest BCUT2D eigenvalue weighted by Crippen LogP contribution is 2.28. The van der Waals surface area contributed by atoms with Gasteiger partial charge in [-0.3, -0.25) is 4.79 Å². The minimum atomic E-state index is -1.04. The average molecular weight is 394 g/mol. The second kappa shape index (κ2) is 6.81. The first kappa shape index (κ1) is 18.3. The predicted octanol–water partition coefficient (Wildman–Crippen LogP) is 3.98. The summed E-state index contributed by atoms with van der Waals surface area (Å²) in [6, 6.07) is 9.10. The van der Waals surface area contributed by atoms with E-state index in [0.29, 0.717) is 11.5 Å². The lowest BCUT2D eigenvalue weighted by atomic mass is 9.83. The van der Waals surface area contributed by atoms with Gasteiger partial charge in [-0.15, -0.1) is 0 Å². The third kappa shape index (κ3) is 3.70. The van der Waals surface area contributed by atoms with Crippen molar-refractivity contribution in [3.8, 4) is 0 Å². The fourth-order valence-corrected chi connectivity index (χ4v) is 3.02. The van der Waals surface area contributed by atoms with Crippen LogP contribution in [0.4, 0.5) is 0 Å². The van der Waals surface area contributed by atoms with E-state index in [4.69, 9.17) is 9.52 Å². The van der Waals surface area contributed by atoms with Crippen LogP contribution in [0.25, 0.3) is 0 Å². The highest BCUT2D eigenvalue weighted by Gasteiger charge is 2.33. The Hall–Kier alpha value is -2.08. The van der Waals surface area contributed by atoms with Crippen molar-refractivity contribution in [2.24, 2.45) is 0 Å². The summed E-state index contributed by atoms with van der Waals surface area (Å²) in [4.78, 5) is 25.5. The van der Waals surface area contributed by atoms with Crippen molar-refractivity contribution in [2.75, 3.05) is 7.05 Å². The molecule has 6 heteroatoms. The number of aryl methyl sites for hydroxylation is 1. The maximum absolute atomic E-state index is 12.9. The molecule has 128 valence electrons. The molecule has 0 aliphatic carbocycles. The van der Waals surface area contributed by atoms with Crippen LogP contribution in [0.1, 0.15) is 41.3 Å². The molecule has 0 aliphatic rings. The van der Waals surface area contributed by atoms with E-state index in [1.54, 1.807) is 18.9 Å². The largest absolute Gasteiger partial charge is 0.478 e. The summed E-state index contributed by atoms with van der Waals surface area (Å²) in [5.41, 5.74) is 0.308. The van der Waals surface area contributed by atoms with Crippen molar-refractivity contribution in [1.82, 2.24) is 4.90 Å². The molecule has 1 amide bonds. The third-order valence-corrected chi connectivity index (χ3v) is 4.51. The monoisotopic (exact) mass is 393 g/mol. The van der Waals surface area contributed by atoms with E-state index in [1.165, 1.54) is 6.07 Å². The van der Waals surface area contributed by atoms with Gasteiger partial charge >= 0.3 is 5.97 Å². The molecule has 0 fully saturated rings. The Labute approximate surface area is 149 Å². The quantitative estimate of drug-likeness (QED) is 0.833. The van der Waals surface area contributed by atoms with Gasteiger partial charge in [-0.05, 0) is 44.5 Å². The van der Waals surface area contributed by atoms with Gasteiger partial charge in [-0.25, -0.2) is 4.79 Å². The number of rotatable bonds is 5. The lowest BCUT2D eigenvalue weighted by molar-refractivity contribution is -0.135. The average Bonchev–Trinajstić information content (AvgIpc) is 2.87. The van der Waals surface area contributed by atoms with Crippen LogP contribution >= 0.6 is 15.9 Å². The minimum Gasteiger partial charge on any atom is -0.478 e. The minimum absolute atomic E-state index is 0.0773. The molecule has 2 rings (SSSR count). The van der Waals surface area contributed by atoms with E-state index in [1.807, 2.05) is 38.1 Å². The topological polar surface area (TPSA) is 70.8 Å². The summed E-state index contributed by atoms with van der Waals surface area (Å²) in [5.74, 6) is -0.326. The van der Waals surface area contributed by atoms with Crippen LogP contribution in [0.2, 0.25) is 0 Å². The molecule has 0 radical (unpaired) electrons. The second-order valence-electron chi connectivity index (χ2n) is 6.28. The number of amides is 1. The first-order chi connectivity index (χ1) is 11.1. The van der Waals surface area contributed by atoms with Crippen LogP contribution in [0, 0.1) is 6.92 Å². The molecule has 2 aromatic rings. The molecule has 0 bridgehead atoms. The number of hydrogen-bond acceptors (Lipinski definition) is 3.